The molecule has 0 amide bonds. The van der Waals surface area contributed by atoms with Crippen molar-refractivity contribution in [3.63, 3.8) is 0 Å². The van der Waals surface area contributed by atoms with Crippen LogP contribution in [0.5, 0.6) is 0 Å². The SMILES string of the molecule is CCCCCSCc1ccc(C=O)o1. The zero-order chi connectivity index (χ0) is 10.2. The molecule has 78 valence electrons. The normalized spacial score (nSPS) is 10.4. The Labute approximate surface area is 89.1 Å². The maximum Gasteiger partial charge on any atom is 0.185 e. The van der Waals surface area contributed by atoms with Gasteiger partial charge in [-0.25, -0.2) is 0 Å². The number of hydrogen-bond acceptors (Lipinski definition) is 3. The highest BCUT2D eigenvalue weighted by atomic mass is 32.2. The van der Waals surface area contributed by atoms with Crippen molar-refractivity contribution < 1.29 is 9.21 Å². The minimum atomic E-state index is 0.425. The number of thioether (sulfide) groups is 1. The summed E-state index contributed by atoms with van der Waals surface area (Å²) in [5.74, 6) is 3.37. The molecule has 1 aromatic heterocycles. The van der Waals surface area contributed by atoms with Crippen molar-refractivity contribution >= 4 is 18.0 Å². The second-order valence-electron chi connectivity index (χ2n) is 3.18. The van der Waals surface area contributed by atoms with Gasteiger partial charge in [-0.2, -0.15) is 11.8 Å². The van der Waals surface area contributed by atoms with Gasteiger partial charge in [-0.3, -0.25) is 4.79 Å². The molecular formula is C11H16O2S. The van der Waals surface area contributed by atoms with Gasteiger partial charge in [0, 0.05) is 0 Å². The lowest BCUT2D eigenvalue weighted by Gasteiger charge is -1.97. The van der Waals surface area contributed by atoms with E-state index in [2.05, 4.69) is 6.92 Å². The molecule has 14 heavy (non-hydrogen) atoms. The minimum Gasteiger partial charge on any atom is -0.457 e. The van der Waals surface area contributed by atoms with Gasteiger partial charge in [0.15, 0.2) is 12.0 Å². The van der Waals surface area contributed by atoms with Gasteiger partial charge >= 0.3 is 0 Å². The Morgan fingerprint density at radius 2 is 2.29 bits per heavy atom. The Kier molecular flexibility index (Phi) is 5.45. The van der Waals surface area contributed by atoms with Crippen molar-refractivity contribution in [2.45, 2.75) is 31.9 Å². The topological polar surface area (TPSA) is 30.2 Å². The van der Waals surface area contributed by atoms with Gasteiger partial charge < -0.3 is 4.42 Å². The summed E-state index contributed by atoms with van der Waals surface area (Å²) in [6.45, 7) is 2.20. The number of aldehydes is 1. The lowest BCUT2D eigenvalue weighted by molar-refractivity contribution is 0.109. The Morgan fingerprint density at radius 3 is 2.93 bits per heavy atom. The fourth-order valence-electron chi connectivity index (χ4n) is 1.16. The summed E-state index contributed by atoms with van der Waals surface area (Å²) in [4.78, 5) is 10.3. The molecule has 0 aliphatic rings. The first-order valence-corrected chi connectivity index (χ1v) is 6.14. The largest absolute Gasteiger partial charge is 0.457 e. The van der Waals surface area contributed by atoms with E-state index in [-0.39, 0.29) is 0 Å². The molecule has 0 N–H and O–H groups in total. The van der Waals surface area contributed by atoms with Crippen LogP contribution in [-0.2, 0) is 5.75 Å². The first-order valence-electron chi connectivity index (χ1n) is 4.98. The summed E-state index contributed by atoms with van der Waals surface area (Å²) in [6.07, 6.45) is 4.56. The molecule has 0 radical (unpaired) electrons. The zero-order valence-corrected chi connectivity index (χ0v) is 9.31. The molecule has 0 aliphatic heterocycles. The first kappa shape index (κ1) is 11.4. The van der Waals surface area contributed by atoms with Crippen LogP contribution < -0.4 is 0 Å². The van der Waals surface area contributed by atoms with Gasteiger partial charge in [0.2, 0.25) is 0 Å². The fraction of sp³-hybridized carbons (Fsp3) is 0.545. The van der Waals surface area contributed by atoms with Crippen LogP contribution in [0.25, 0.3) is 0 Å². The fourth-order valence-corrected chi connectivity index (χ4v) is 2.07. The van der Waals surface area contributed by atoms with Crippen LogP contribution in [0, 0.1) is 0 Å². The van der Waals surface area contributed by atoms with Gasteiger partial charge in [-0.15, -0.1) is 0 Å². The van der Waals surface area contributed by atoms with E-state index in [0.29, 0.717) is 5.76 Å². The summed E-state index contributed by atoms with van der Waals surface area (Å²) in [6, 6.07) is 3.59. The van der Waals surface area contributed by atoms with Crippen LogP contribution in [0.3, 0.4) is 0 Å². The Balaban J connectivity index is 2.14. The molecule has 0 atom stereocenters. The minimum absolute atomic E-state index is 0.425. The standard InChI is InChI=1S/C11H16O2S/c1-2-3-4-7-14-9-11-6-5-10(8-12)13-11/h5-6,8H,2-4,7,9H2,1H3. The first-order chi connectivity index (χ1) is 6.86. The van der Waals surface area contributed by atoms with Crippen LogP contribution in [0.15, 0.2) is 16.5 Å². The molecule has 1 aromatic rings. The maximum atomic E-state index is 10.3. The number of unbranched alkanes of at least 4 members (excludes halogenated alkanes) is 2. The molecule has 0 bridgehead atoms. The van der Waals surface area contributed by atoms with E-state index in [0.717, 1.165) is 17.8 Å². The van der Waals surface area contributed by atoms with E-state index >= 15 is 0 Å². The van der Waals surface area contributed by atoms with E-state index in [9.17, 15) is 4.79 Å². The average molecular weight is 212 g/mol. The molecule has 0 aliphatic carbocycles. The molecule has 3 heteroatoms. The number of furan rings is 1. The van der Waals surface area contributed by atoms with E-state index in [4.69, 9.17) is 4.42 Å². The summed E-state index contributed by atoms with van der Waals surface area (Å²) >= 11 is 1.86. The predicted octanol–water partition coefficient (Wildman–Crippen LogP) is 3.52. The third kappa shape index (κ3) is 4.01. The number of carbonyl (C=O) groups is 1. The van der Waals surface area contributed by atoms with Gasteiger partial charge in [0.1, 0.15) is 5.76 Å². The zero-order valence-electron chi connectivity index (χ0n) is 8.49. The van der Waals surface area contributed by atoms with Crippen molar-refractivity contribution in [1.29, 1.82) is 0 Å². The molecule has 1 rings (SSSR count). The van der Waals surface area contributed by atoms with Gasteiger partial charge in [0.05, 0.1) is 5.75 Å². The molecule has 0 spiro atoms. The summed E-state index contributed by atoms with van der Waals surface area (Å²) < 4.78 is 5.25. The predicted molar refractivity (Wildman–Crippen MR) is 59.8 cm³/mol. The van der Waals surface area contributed by atoms with E-state index in [1.807, 2.05) is 17.8 Å². The maximum absolute atomic E-state index is 10.3. The van der Waals surface area contributed by atoms with Crippen molar-refractivity contribution in [1.82, 2.24) is 0 Å². The summed E-state index contributed by atoms with van der Waals surface area (Å²) in [5.41, 5.74) is 0. The number of carbonyl (C=O) groups excluding carboxylic acids is 1. The quantitative estimate of drug-likeness (QED) is 0.511. The molecule has 0 saturated heterocycles. The monoisotopic (exact) mass is 212 g/mol. The second-order valence-corrected chi connectivity index (χ2v) is 4.29. The molecular weight excluding hydrogens is 196 g/mol. The Hall–Kier alpha value is -0.700. The van der Waals surface area contributed by atoms with Crippen LogP contribution >= 0.6 is 11.8 Å². The summed E-state index contributed by atoms with van der Waals surface area (Å²) in [5, 5.41) is 0. The van der Waals surface area contributed by atoms with Gasteiger partial charge in [-0.05, 0) is 24.3 Å². The van der Waals surface area contributed by atoms with Crippen molar-refractivity contribution in [3.8, 4) is 0 Å². The number of rotatable bonds is 7. The van der Waals surface area contributed by atoms with Crippen LogP contribution in [-0.4, -0.2) is 12.0 Å². The average Bonchev–Trinajstić information content (AvgIpc) is 2.65. The third-order valence-corrected chi connectivity index (χ3v) is 3.00. The number of hydrogen-bond donors (Lipinski definition) is 0. The highest BCUT2D eigenvalue weighted by Crippen LogP contribution is 2.16. The molecule has 1 heterocycles. The summed E-state index contributed by atoms with van der Waals surface area (Å²) in [7, 11) is 0. The van der Waals surface area contributed by atoms with Crippen molar-refractivity contribution in [2.75, 3.05) is 5.75 Å². The highest BCUT2D eigenvalue weighted by molar-refractivity contribution is 7.98. The molecule has 0 saturated carbocycles. The Bertz CT molecular complexity index is 268. The molecule has 2 nitrogen and oxygen atoms in total. The van der Waals surface area contributed by atoms with Gasteiger partial charge in [-0.1, -0.05) is 19.8 Å². The second kappa shape index (κ2) is 6.71. The smallest absolute Gasteiger partial charge is 0.185 e. The van der Waals surface area contributed by atoms with Crippen LogP contribution in [0.1, 0.15) is 42.5 Å². The van der Waals surface area contributed by atoms with Crippen molar-refractivity contribution in [3.05, 3.63) is 23.7 Å². The lowest BCUT2D eigenvalue weighted by Crippen LogP contribution is -1.81. The third-order valence-electron chi connectivity index (χ3n) is 1.94. The van der Waals surface area contributed by atoms with Gasteiger partial charge in [0.25, 0.3) is 0 Å². The lowest BCUT2D eigenvalue weighted by atomic mass is 10.3. The molecule has 0 aromatic carbocycles. The van der Waals surface area contributed by atoms with E-state index in [1.54, 1.807) is 6.07 Å². The molecule has 0 unspecified atom stereocenters. The van der Waals surface area contributed by atoms with E-state index in [1.165, 1.54) is 25.0 Å². The Morgan fingerprint density at radius 1 is 1.43 bits per heavy atom. The van der Waals surface area contributed by atoms with E-state index < -0.39 is 0 Å². The highest BCUT2D eigenvalue weighted by Gasteiger charge is 2.00. The van der Waals surface area contributed by atoms with Crippen LogP contribution in [0.2, 0.25) is 0 Å². The molecule has 0 fully saturated rings. The van der Waals surface area contributed by atoms with Crippen molar-refractivity contribution in [2.24, 2.45) is 0 Å². The van der Waals surface area contributed by atoms with Crippen LogP contribution in [0.4, 0.5) is 0 Å².